The average molecular weight is 365 g/mol. The van der Waals surface area contributed by atoms with Crippen LogP contribution in [0.2, 0.25) is 0 Å². The van der Waals surface area contributed by atoms with Crippen LogP contribution in [0.3, 0.4) is 0 Å². The quantitative estimate of drug-likeness (QED) is 0.571. The van der Waals surface area contributed by atoms with Gasteiger partial charge in [-0.15, -0.1) is 0 Å². The third-order valence-corrected chi connectivity index (χ3v) is 5.27. The highest BCUT2D eigenvalue weighted by molar-refractivity contribution is 6.09. The Morgan fingerprint density at radius 3 is 2.33 bits per heavy atom. The number of allylic oxidation sites excluding steroid dienone is 2. The Balaban J connectivity index is 1.94. The number of ketones is 1. The molecule has 1 fully saturated rings. The van der Waals surface area contributed by atoms with Gasteiger partial charge in [0.2, 0.25) is 11.8 Å². The second-order valence-corrected chi connectivity index (χ2v) is 7.57. The number of likely N-dealkylation sites (tertiary alicyclic amines) is 1. The van der Waals surface area contributed by atoms with Crippen LogP contribution in [0.15, 0.2) is 36.5 Å². The van der Waals surface area contributed by atoms with Gasteiger partial charge in [-0.25, -0.2) is 0 Å². The number of amides is 2. The molecule has 4 atom stereocenters. The minimum Gasteiger partial charge on any atom is -0.295 e. The number of hydrogen-bond acceptors (Lipinski definition) is 5. The molecule has 0 saturated carbocycles. The largest absolute Gasteiger partial charge is 0.295 e. The number of Topliss-reactive ketones (excluding diaryl/α,β-unsaturated/α-hetero) is 1. The molecular formula is C21H23N3O3. The molecule has 1 aromatic heterocycles. The monoisotopic (exact) mass is 365 g/mol. The molecule has 2 amide bonds. The number of nitrogens with zero attached hydrogens (tertiary/aromatic N) is 3. The molecule has 0 N–H and O–H groups in total. The number of fused-ring (bicyclic) bond motifs is 1. The first kappa shape index (κ1) is 19.0. The lowest BCUT2D eigenvalue weighted by Gasteiger charge is -2.28. The highest BCUT2D eigenvalue weighted by Gasteiger charge is 2.52. The SMILES string of the molecule is CC(C)C[C@@H](C(=O)[C@@H](C#N)c1ccccn1)N1C(=O)[C@H]2CC=CC[C@H]2C1=O. The van der Waals surface area contributed by atoms with E-state index in [-0.39, 0.29) is 29.6 Å². The molecule has 0 unspecified atom stereocenters. The van der Waals surface area contributed by atoms with Crippen molar-refractivity contribution in [1.29, 1.82) is 5.26 Å². The number of hydrogen-bond donors (Lipinski definition) is 0. The van der Waals surface area contributed by atoms with Gasteiger partial charge in [-0.05, 0) is 37.3 Å². The van der Waals surface area contributed by atoms with Crippen LogP contribution in [0.5, 0.6) is 0 Å². The van der Waals surface area contributed by atoms with Crippen molar-refractivity contribution in [2.24, 2.45) is 17.8 Å². The van der Waals surface area contributed by atoms with E-state index in [9.17, 15) is 19.6 Å². The Kier molecular flexibility index (Phi) is 5.50. The van der Waals surface area contributed by atoms with Gasteiger partial charge in [-0.2, -0.15) is 5.26 Å². The number of imide groups is 1. The smallest absolute Gasteiger partial charge is 0.234 e. The van der Waals surface area contributed by atoms with Gasteiger partial charge in [0.15, 0.2) is 5.78 Å². The van der Waals surface area contributed by atoms with E-state index < -0.39 is 17.7 Å². The lowest BCUT2D eigenvalue weighted by molar-refractivity contribution is -0.148. The molecule has 3 rings (SSSR count). The predicted molar refractivity (Wildman–Crippen MR) is 98.0 cm³/mol. The number of pyridine rings is 1. The maximum Gasteiger partial charge on any atom is 0.234 e. The number of carbonyl (C=O) groups excluding carboxylic acids is 3. The molecule has 2 aliphatic rings. The van der Waals surface area contributed by atoms with E-state index in [1.807, 2.05) is 32.1 Å². The zero-order valence-electron chi connectivity index (χ0n) is 15.5. The fourth-order valence-electron chi connectivity index (χ4n) is 3.94. The third kappa shape index (κ3) is 3.55. The Morgan fingerprint density at radius 1 is 1.22 bits per heavy atom. The van der Waals surface area contributed by atoms with Crippen molar-refractivity contribution in [3.8, 4) is 6.07 Å². The second kappa shape index (κ2) is 7.83. The van der Waals surface area contributed by atoms with Crippen molar-refractivity contribution >= 4 is 17.6 Å². The van der Waals surface area contributed by atoms with Gasteiger partial charge < -0.3 is 0 Å². The summed E-state index contributed by atoms with van der Waals surface area (Å²) in [7, 11) is 0. The number of nitriles is 1. The molecule has 1 aromatic rings. The molecule has 0 radical (unpaired) electrons. The van der Waals surface area contributed by atoms with E-state index in [2.05, 4.69) is 4.98 Å². The lowest BCUT2D eigenvalue weighted by Crippen LogP contribution is -2.47. The van der Waals surface area contributed by atoms with Crippen molar-refractivity contribution in [1.82, 2.24) is 9.88 Å². The summed E-state index contributed by atoms with van der Waals surface area (Å²) in [5, 5.41) is 9.60. The summed E-state index contributed by atoms with van der Waals surface area (Å²) < 4.78 is 0. The first-order valence-electron chi connectivity index (χ1n) is 9.31. The minimum absolute atomic E-state index is 0.0865. The zero-order chi connectivity index (χ0) is 19.6. The summed E-state index contributed by atoms with van der Waals surface area (Å²) in [6, 6.07) is 6.13. The summed E-state index contributed by atoms with van der Waals surface area (Å²) in [5.74, 6) is -2.80. The van der Waals surface area contributed by atoms with Crippen LogP contribution in [0.25, 0.3) is 0 Å². The van der Waals surface area contributed by atoms with Crippen molar-refractivity contribution < 1.29 is 14.4 Å². The standard InChI is InChI=1S/C21H23N3O3/c1-13(2)11-18(19(25)16(12-22)17-9-5-6-10-23-17)24-20(26)14-7-3-4-8-15(14)21(24)27/h3-6,9-10,13-16,18H,7-8,11H2,1-2H3/t14-,15+,16-,18-/m0/s1. The Labute approximate surface area is 158 Å². The van der Waals surface area contributed by atoms with Crippen LogP contribution in [0.1, 0.15) is 44.7 Å². The summed E-state index contributed by atoms with van der Waals surface area (Å²) in [6.45, 7) is 3.87. The van der Waals surface area contributed by atoms with Gasteiger partial charge in [-0.3, -0.25) is 24.3 Å². The minimum atomic E-state index is -1.10. The second-order valence-electron chi connectivity index (χ2n) is 7.57. The fourth-order valence-corrected chi connectivity index (χ4v) is 3.94. The van der Waals surface area contributed by atoms with Crippen LogP contribution in [-0.2, 0) is 14.4 Å². The van der Waals surface area contributed by atoms with Gasteiger partial charge in [0, 0.05) is 6.20 Å². The van der Waals surface area contributed by atoms with Crippen LogP contribution >= 0.6 is 0 Å². The molecule has 27 heavy (non-hydrogen) atoms. The van der Waals surface area contributed by atoms with Crippen LogP contribution < -0.4 is 0 Å². The van der Waals surface area contributed by atoms with Crippen LogP contribution in [-0.4, -0.2) is 33.5 Å². The summed E-state index contributed by atoms with van der Waals surface area (Å²) in [5.41, 5.74) is 0.344. The third-order valence-electron chi connectivity index (χ3n) is 5.27. The lowest BCUT2D eigenvalue weighted by atomic mass is 9.85. The molecule has 0 spiro atoms. The van der Waals surface area contributed by atoms with E-state index >= 15 is 0 Å². The summed E-state index contributed by atoms with van der Waals surface area (Å²) in [4.78, 5) is 44.4. The van der Waals surface area contributed by atoms with Gasteiger partial charge in [0.1, 0.15) is 12.0 Å². The van der Waals surface area contributed by atoms with Gasteiger partial charge in [-0.1, -0.05) is 32.1 Å². The maximum atomic E-state index is 13.3. The van der Waals surface area contributed by atoms with Gasteiger partial charge in [0.25, 0.3) is 0 Å². The zero-order valence-corrected chi connectivity index (χ0v) is 15.5. The number of aromatic nitrogens is 1. The Hall–Kier alpha value is -2.81. The fraction of sp³-hybridized carbons (Fsp3) is 0.476. The Morgan fingerprint density at radius 2 is 1.85 bits per heavy atom. The van der Waals surface area contributed by atoms with Gasteiger partial charge in [0.05, 0.1) is 23.6 Å². The van der Waals surface area contributed by atoms with Crippen LogP contribution in [0.4, 0.5) is 0 Å². The van der Waals surface area contributed by atoms with E-state index in [1.54, 1.807) is 18.2 Å². The molecule has 6 heteroatoms. The summed E-state index contributed by atoms with van der Waals surface area (Å²) >= 11 is 0. The highest BCUT2D eigenvalue weighted by atomic mass is 16.2. The van der Waals surface area contributed by atoms with E-state index in [0.29, 0.717) is 25.0 Å². The first-order chi connectivity index (χ1) is 13.0. The van der Waals surface area contributed by atoms with Crippen molar-refractivity contribution in [2.75, 3.05) is 0 Å². The molecule has 140 valence electrons. The predicted octanol–water partition coefficient (Wildman–Crippen LogP) is 2.62. The average Bonchev–Trinajstić information content (AvgIpc) is 2.92. The summed E-state index contributed by atoms with van der Waals surface area (Å²) in [6.07, 6.45) is 6.75. The molecule has 2 heterocycles. The van der Waals surface area contributed by atoms with Crippen LogP contribution in [0, 0.1) is 29.1 Å². The van der Waals surface area contributed by atoms with E-state index in [0.717, 1.165) is 4.90 Å². The van der Waals surface area contributed by atoms with E-state index in [4.69, 9.17) is 0 Å². The number of carbonyl (C=O) groups is 3. The molecule has 1 aliphatic carbocycles. The normalized spacial score (nSPS) is 23.9. The first-order valence-corrected chi connectivity index (χ1v) is 9.31. The molecular weight excluding hydrogens is 342 g/mol. The molecule has 1 saturated heterocycles. The molecule has 0 bridgehead atoms. The highest BCUT2D eigenvalue weighted by Crippen LogP contribution is 2.38. The van der Waals surface area contributed by atoms with Crippen molar-refractivity contribution in [3.05, 3.63) is 42.2 Å². The topological polar surface area (TPSA) is 91.1 Å². The Bertz CT molecular complexity index is 784. The molecule has 6 nitrogen and oxygen atoms in total. The number of rotatable bonds is 6. The van der Waals surface area contributed by atoms with Crippen molar-refractivity contribution in [2.45, 2.75) is 45.1 Å². The van der Waals surface area contributed by atoms with Crippen molar-refractivity contribution in [3.63, 3.8) is 0 Å². The van der Waals surface area contributed by atoms with E-state index in [1.165, 1.54) is 6.20 Å². The molecule has 1 aliphatic heterocycles. The maximum absolute atomic E-state index is 13.3. The molecule has 0 aromatic carbocycles. The van der Waals surface area contributed by atoms with Gasteiger partial charge >= 0.3 is 0 Å².